The van der Waals surface area contributed by atoms with Crippen LogP contribution >= 0.6 is 0 Å². The number of carbonyl (C=O) groups excluding carboxylic acids is 1. The van der Waals surface area contributed by atoms with Gasteiger partial charge in [0.15, 0.2) is 0 Å². The molecule has 2 rings (SSSR count). The molecule has 1 aliphatic heterocycles. The lowest BCUT2D eigenvalue weighted by atomic mass is 10.1. The van der Waals surface area contributed by atoms with Crippen molar-refractivity contribution in [1.29, 1.82) is 0 Å². The van der Waals surface area contributed by atoms with Crippen LogP contribution in [0.2, 0.25) is 0 Å². The van der Waals surface area contributed by atoms with Crippen molar-refractivity contribution in [3.8, 4) is 0 Å². The fourth-order valence-electron chi connectivity index (χ4n) is 1.76. The Kier molecular flexibility index (Phi) is 2.52. The molecule has 0 aliphatic carbocycles. The normalized spacial score (nSPS) is 13.8. The molecule has 0 saturated carbocycles. The molecule has 0 atom stereocenters. The molecule has 5 heteroatoms. The molecule has 0 radical (unpaired) electrons. The number of hydrogen-bond acceptors (Lipinski definition) is 3. The van der Waals surface area contributed by atoms with E-state index in [1.54, 1.807) is 18.0 Å². The fraction of sp³-hybridized carbons (Fsp3) is 0.273. The van der Waals surface area contributed by atoms with Crippen molar-refractivity contribution in [2.24, 2.45) is 0 Å². The zero-order chi connectivity index (χ0) is 11.7. The lowest BCUT2D eigenvalue weighted by molar-refractivity contribution is -0.135. The summed E-state index contributed by atoms with van der Waals surface area (Å²) in [6.45, 7) is -0.122. The molecule has 1 heterocycles. The van der Waals surface area contributed by atoms with Gasteiger partial charge in [-0.15, -0.1) is 0 Å². The minimum Gasteiger partial charge on any atom is -0.480 e. The number of hydrogen-bond donors (Lipinski definition) is 2. The second-order valence-corrected chi connectivity index (χ2v) is 3.72. The highest BCUT2D eigenvalue weighted by atomic mass is 16.4. The minimum atomic E-state index is -0.909. The van der Waals surface area contributed by atoms with Gasteiger partial charge in [-0.2, -0.15) is 0 Å². The van der Waals surface area contributed by atoms with Crippen molar-refractivity contribution in [3.63, 3.8) is 0 Å². The van der Waals surface area contributed by atoms with Gasteiger partial charge in [-0.25, -0.2) is 0 Å². The van der Waals surface area contributed by atoms with E-state index in [4.69, 9.17) is 5.11 Å². The van der Waals surface area contributed by atoms with Gasteiger partial charge in [0.1, 0.15) is 6.54 Å². The van der Waals surface area contributed by atoms with E-state index in [0.29, 0.717) is 6.42 Å². The van der Waals surface area contributed by atoms with Gasteiger partial charge in [0.05, 0.1) is 6.42 Å². The largest absolute Gasteiger partial charge is 0.480 e. The summed E-state index contributed by atoms with van der Waals surface area (Å²) in [6.07, 6.45) is 0.383. The van der Waals surface area contributed by atoms with Crippen LogP contribution in [-0.4, -0.2) is 30.6 Å². The Labute approximate surface area is 92.7 Å². The number of anilines is 2. The van der Waals surface area contributed by atoms with Crippen molar-refractivity contribution in [2.75, 3.05) is 23.8 Å². The van der Waals surface area contributed by atoms with E-state index in [-0.39, 0.29) is 12.5 Å². The molecule has 1 amide bonds. The Morgan fingerprint density at radius 1 is 1.56 bits per heavy atom. The molecule has 0 aromatic heterocycles. The van der Waals surface area contributed by atoms with Gasteiger partial charge in [0.25, 0.3) is 0 Å². The Hall–Kier alpha value is -2.04. The van der Waals surface area contributed by atoms with Crippen LogP contribution in [0.5, 0.6) is 0 Å². The summed E-state index contributed by atoms with van der Waals surface area (Å²) in [4.78, 5) is 23.4. The number of carbonyl (C=O) groups is 2. The number of nitrogens with one attached hydrogen (secondary N) is 1. The molecule has 0 bridgehead atoms. The number of nitrogens with zero attached hydrogens (tertiary/aromatic N) is 1. The molecule has 1 aliphatic rings. The first-order chi connectivity index (χ1) is 7.58. The summed E-state index contributed by atoms with van der Waals surface area (Å²) in [7, 11) is 1.73. The maximum atomic E-state index is 11.4. The molecule has 84 valence electrons. The van der Waals surface area contributed by atoms with E-state index in [1.807, 2.05) is 12.1 Å². The molecule has 1 aromatic rings. The quantitative estimate of drug-likeness (QED) is 0.786. The van der Waals surface area contributed by atoms with Crippen LogP contribution in [0.25, 0.3) is 0 Å². The molecular weight excluding hydrogens is 208 g/mol. The third-order valence-corrected chi connectivity index (χ3v) is 2.60. The Morgan fingerprint density at radius 3 is 3.00 bits per heavy atom. The third-order valence-electron chi connectivity index (χ3n) is 2.60. The van der Waals surface area contributed by atoms with Gasteiger partial charge in [-0.3, -0.25) is 9.59 Å². The van der Waals surface area contributed by atoms with Gasteiger partial charge in [-0.1, -0.05) is 0 Å². The Balaban J connectivity index is 2.18. The standard InChI is InChI=1S/C11H12N2O3/c1-13-9-3-2-8(12-6-11(15)16)4-7(9)5-10(13)14/h2-4,12H,5-6H2,1H3,(H,15,16). The zero-order valence-corrected chi connectivity index (χ0v) is 8.86. The van der Waals surface area contributed by atoms with Gasteiger partial charge in [0.2, 0.25) is 5.91 Å². The first-order valence-corrected chi connectivity index (χ1v) is 4.93. The van der Waals surface area contributed by atoms with Gasteiger partial charge in [0, 0.05) is 18.4 Å². The Morgan fingerprint density at radius 2 is 2.31 bits per heavy atom. The number of likely N-dealkylation sites (N-methyl/N-ethyl adjacent to an activating group) is 1. The smallest absolute Gasteiger partial charge is 0.322 e. The lowest BCUT2D eigenvalue weighted by Gasteiger charge is -2.10. The van der Waals surface area contributed by atoms with Crippen molar-refractivity contribution < 1.29 is 14.7 Å². The molecule has 1 aromatic carbocycles. The molecule has 0 unspecified atom stereocenters. The van der Waals surface area contributed by atoms with E-state index < -0.39 is 5.97 Å². The SMILES string of the molecule is CN1C(=O)Cc2cc(NCC(=O)O)ccc21. The average Bonchev–Trinajstić information content (AvgIpc) is 2.52. The molecule has 0 saturated heterocycles. The van der Waals surface area contributed by atoms with Crippen LogP contribution in [0.1, 0.15) is 5.56 Å². The maximum Gasteiger partial charge on any atom is 0.322 e. The highest BCUT2D eigenvalue weighted by molar-refractivity contribution is 6.01. The van der Waals surface area contributed by atoms with E-state index in [9.17, 15) is 9.59 Å². The van der Waals surface area contributed by atoms with E-state index in [2.05, 4.69) is 5.32 Å². The van der Waals surface area contributed by atoms with Gasteiger partial charge in [-0.05, 0) is 23.8 Å². The summed E-state index contributed by atoms with van der Waals surface area (Å²) in [5, 5.41) is 11.3. The van der Waals surface area contributed by atoms with E-state index >= 15 is 0 Å². The number of carboxylic acids is 1. The Bertz CT molecular complexity index is 457. The number of amides is 1. The predicted octanol–water partition coefficient (Wildman–Crippen LogP) is 0.702. The average molecular weight is 220 g/mol. The van der Waals surface area contributed by atoms with Crippen LogP contribution in [0.4, 0.5) is 11.4 Å². The van der Waals surface area contributed by atoms with Crippen molar-refractivity contribution in [2.45, 2.75) is 6.42 Å². The summed E-state index contributed by atoms with van der Waals surface area (Å²) in [5.74, 6) is -0.848. The number of fused-ring (bicyclic) bond motifs is 1. The maximum absolute atomic E-state index is 11.4. The number of aliphatic carboxylic acids is 1. The highest BCUT2D eigenvalue weighted by Crippen LogP contribution is 2.29. The number of benzene rings is 1. The van der Waals surface area contributed by atoms with Crippen molar-refractivity contribution >= 4 is 23.3 Å². The van der Waals surface area contributed by atoms with Crippen LogP contribution in [-0.2, 0) is 16.0 Å². The van der Waals surface area contributed by atoms with Crippen LogP contribution < -0.4 is 10.2 Å². The molecule has 5 nitrogen and oxygen atoms in total. The van der Waals surface area contributed by atoms with Gasteiger partial charge >= 0.3 is 5.97 Å². The zero-order valence-electron chi connectivity index (χ0n) is 8.86. The summed E-state index contributed by atoms with van der Waals surface area (Å²) in [5.41, 5.74) is 2.55. The summed E-state index contributed by atoms with van der Waals surface area (Å²) >= 11 is 0. The molecule has 2 N–H and O–H groups in total. The second kappa shape index (κ2) is 3.84. The predicted molar refractivity (Wildman–Crippen MR) is 59.7 cm³/mol. The van der Waals surface area contributed by atoms with Crippen LogP contribution in [0, 0.1) is 0 Å². The fourth-order valence-corrected chi connectivity index (χ4v) is 1.76. The summed E-state index contributed by atoms with van der Waals surface area (Å²) in [6, 6.07) is 5.42. The van der Waals surface area contributed by atoms with Crippen LogP contribution in [0.15, 0.2) is 18.2 Å². The third kappa shape index (κ3) is 1.84. The van der Waals surface area contributed by atoms with Crippen molar-refractivity contribution in [3.05, 3.63) is 23.8 Å². The van der Waals surface area contributed by atoms with E-state index in [0.717, 1.165) is 16.9 Å². The van der Waals surface area contributed by atoms with Crippen molar-refractivity contribution in [1.82, 2.24) is 0 Å². The first kappa shape index (κ1) is 10.5. The molecule has 16 heavy (non-hydrogen) atoms. The lowest BCUT2D eigenvalue weighted by Crippen LogP contribution is -2.20. The first-order valence-electron chi connectivity index (χ1n) is 4.93. The molecule has 0 spiro atoms. The van der Waals surface area contributed by atoms with Gasteiger partial charge < -0.3 is 15.3 Å². The number of carboxylic acid groups (broad SMARTS) is 1. The highest BCUT2D eigenvalue weighted by Gasteiger charge is 2.23. The topological polar surface area (TPSA) is 69.6 Å². The molecule has 0 fully saturated rings. The van der Waals surface area contributed by atoms with E-state index in [1.165, 1.54) is 0 Å². The minimum absolute atomic E-state index is 0.0605. The molecular formula is C11H12N2O3. The summed E-state index contributed by atoms with van der Waals surface area (Å²) < 4.78 is 0. The second-order valence-electron chi connectivity index (χ2n) is 3.72. The number of rotatable bonds is 3. The van der Waals surface area contributed by atoms with Crippen LogP contribution in [0.3, 0.4) is 0 Å². The monoisotopic (exact) mass is 220 g/mol.